The third kappa shape index (κ3) is 6.45. The first kappa shape index (κ1) is 17.0. The second-order valence-electron chi connectivity index (χ2n) is 8.79. The van der Waals surface area contributed by atoms with E-state index in [0.717, 1.165) is 12.8 Å². The van der Waals surface area contributed by atoms with Crippen molar-refractivity contribution in [2.24, 2.45) is 16.2 Å². The second kappa shape index (κ2) is 4.91. The molecule has 1 nitrogen and oxygen atoms in total. The van der Waals surface area contributed by atoms with Crippen LogP contribution in [0.3, 0.4) is 0 Å². The second-order valence-corrected chi connectivity index (χ2v) is 8.79. The van der Waals surface area contributed by atoms with Gasteiger partial charge < -0.3 is 5.11 Å². The molecule has 0 bridgehead atoms. The number of hydrogen-bond acceptors (Lipinski definition) is 1. The molecular formula is C16H34O. The van der Waals surface area contributed by atoms with E-state index in [2.05, 4.69) is 48.5 Å². The molecule has 104 valence electrons. The summed E-state index contributed by atoms with van der Waals surface area (Å²) in [7, 11) is 0. The molecule has 17 heavy (non-hydrogen) atoms. The average Bonchev–Trinajstić information content (AvgIpc) is 1.95. The lowest BCUT2D eigenvalue weighted by molar-refractivity contribution is 0.0297. The van der Waals surface area contributed by atoms with Gasteiger partial charge in [0.15, 0.2) is 0 Å². The Morgan fingerprint density at radius 3 is 1.41 bits per heavy atom. The van der Waals surface area contributed by atoms with Gasteiger partial charge in [-0.3, -0.25) is 0 Å². The van der Waals surface area contributed by atoms with E-state index in [0.29, 0.717) is 10.8 Å². The van der Waals surface area contributed by atoms with Crippen LogP contribution in [0.5, 0.6) is 0 Å². The summed E-state index contributed by atoms with van der Waals surface area (Å²) in [5, 5.41) is 9.84. The van der Waals surface area contributed by atoms with Crippen molar-refractivity contribution in [2.75, 3.05) is 0 Å². The van der Waals surface area contributed by atoms with Crippen LogP contribution in [-0.2, 0) is 0 Å². The average molecular weight is 242 g/mol. The molecule has 0 fully saturated rings. The Morgan fingerprint density at radius 1 is 0.706 bits per heavy atom. The fourth-order valence-corrected chi connectivity index (χ4v) is 2.19. The summed E-state index contributed by atoms with van der Waals surface area (Å²) in [5.74, 6) is 0. The lowest BCUT2D eigenvalue weighted by Crippen LogP contribution is -2.35. The Morgan fingerprint density at radius 2 is 1.12 bits per heavy atom. The van der Waals surface area contributed by atoms with Gasteiger partial charge in [0, 0.05) is 0 Å². The van der Waals surface area contributed by atoms with Gasteiger partial charge in [-0.05, 0) is 49.4 Å². The maximum absolute atomic E-state index is 9.84. The summed E-state index contributed by atoms with van der Waals surface area (Å²) in [6, 6.07) is 0. The van der Waals surface area contributed by atoms with Crippen LogP contribution in [0.15, 0.2) is 0 Å². The molecule has 0 aliphatic carbocycles. The van der Waals surface area contributed by atoms with Crippen LogP contribution < -0.4 is 0 Å². The standard InChI is InChI=1S/C16H34O/c1-13(2,3)15(6,7)12-14(4,5)10-11-16(8,9)17/h17H,10-12H2,1-9H3. The van der Waals surface area contributed by atoms with Gasteiger partial charge >= 0.3 is 0 Å². The Balaban J connectivity index is 4.55. The van der Waals surface area contributed by atoms with Crippen molar-refractivity contribution in [3.8, 4) is 0 Å². The Kier molecular flexibility index (Phi) is 4.90. The van der Waals surface area contributed by atoms with Crippen LogP contribution in [0, 0.1) is 16.2 Å². The quantitative estimate of drug-likeness (QED) is 0.717. The van der Waals surface area contributed by atoms with Gasteiger partial charge in [-0.2, -0.15) is 0 Å². The summed E-state index contributed by atoms with van der Waals surface area (Å²) in [5.41, 5.74) is 0.384. The Labute approximate surface area is 109 Å². The van der Waals surface area contributed by atoms with E-state index in [1.54, 1.807) is 0 Å². The highest BCUT2D eigenvalue weighted by atomic mass is 16.3. The molecule has 0 aliphatic rings. The maximum Gasteiger partial charge on any atom is 0.0592 e. The molecule has 0 saturated carbocycles. The van der Waals surface area contributed by atoms with E-state index in [-0.39, 0.29) is 5.41 Å². The molecule has 0 aromatic rings. The molecule has 0 unspecified atom stereocenters. The lowest BCUT2D eigenvalue weighted by atomic mass is 9.61. The van der Waals surface area contributed by atoms with E-state index in [1.807, 2.05) is 13.8 Å². The molecule has 0 heterocycles. The summed E-state index contributed by atoms with van der Waals surface area (Å²) < 4.78 is 0. The molecule has 0 rings (SSSR count). The van der Waals surface area contributed by atoms with E-state index < -0.39 is 5.60 Å². The zero-order chi connectivity index (χ0) is 14.1. The zero-order valence-corrected chi connectivity index (χ0v) is 13.6. The predicted octanol–water partition coefficient (Wildman–Crippen LogP) is 5.03. The fourth-order valence-electron chi connectivity index (χ4n) is 2.19. The molecule has 1 heteroatoms. The maximum atomic E-state index is 9.84. The molecular weight excluding hydrogens is 208 g/mol. The first-order valence-electron chi connectivity index (χ1n) is 6.89. The van der Waals surface area contributed by atoms with E-state index in [4.69, 9.17) is 0 Å². The van der Waals surface area contributed by atoms with Crippen LogP contribution in [0.1, 0.15) is 81.6 Å². The van der Waals surface area contributed by atoms with Crippen molar-refractivity contribution >= 4 is 0 Å². The van der Waals surface area contributed by atoms with Gasteiger partial charge in [-0.1, -0.05) is 48.5 Å². The van der Waals surface area contributed by atoms with Gasteiger partial charge in [0.2, 0.25) is 0 Å². The molecule has 0 aromatic carbocycles. The minimum atomic E-state index is -0.539. The van der Waals surface area contributed by atoms with Crippen molar-refractivity contribution < 1.29 is 5.11 Å². The SMILES string of the molecule is CC(C)(O)CCC(C)(C)CC(C)(C)C(C)(C)C. The van der Waals surface area contributed by atoms with Crippen LogP contribution >= 0.6 is 0 Å². The molecule has 0 aromatic heterocycles. The van der Waals surface area contributed by atoms with Crippen molar-refractivity contribution in [1.29, 1.82) is 0 Å². The monoisotopic (exact) mass is 242 g/mol. The minimum absolute atomic E-state index is 0.288. The van der Waals surface area contributed by atoms with Gasteiger partial charge in [-0.15, -0.1) is 0 Å². The third-order valence-corrected chi connectivity index (χ3v) is 4.36. The van der Waals surface area contributed by atoms with Gasteiger partial charge in [0.1, 0.15) is 0 Å². The van der Waals surface area contributed by atoms with Crippen LogP contribution in [-0.4, -0.2) is 10.7 Å². The summed E-state index contributed by atoms with van der Waals surface area (Å²) >= 11 is 0. The molecule has 0 spiro atoms. The first-order valence-corrected chi connectivity index (χ1v) is 6.89. The Hall–Kier alpha value is -0.0400. The molecule has 1 N–H and O–H groups in total. The molecule has 0 amide bonds. The number of hydrogen-bond donors (Lipinski definition) is 1. The third-order valence-electron chi connectivity index (χ3n) is 4.36. The van der Waals surface area contributed by atoms with Crippen molar-refractivity contribution in [2.45, 2.75) is 87.2 Å². The van der Waals surface area contributed by atoms with Crippen LogP contribution in [0.4, 0.5) is 0 Å². The minimum Gasteiger partial charge on any atom is -0.390 e. The molecule has 0 saturated heterocycles. The smallest absolute Gasteiger partial charge is 0.0592 e. The first-order chi connectivity index (χ1) is 7.16. The highest BCUT2D eigenvalue weighted by molar-refractivity contribution is 4.88. The predicted molar refractivity (Wildman–Crippen MR) is 77.2 cm³/mol. The summed E-state index contributed by atoms with van der Waals surface area (Å²) in [6.07, 6.45) is 3.15. The summed E-state index contributed by atoms with van der Waals surface area (Å²) in [4.78, 5) is 0. The largest absolute Gasteiger partial charge is 0.390 e. The van der Waals surface area contributed by atoms with E-state index in [1.165, 1.54) is 6.42 Å². The molecule has 0 radical (unpaired) electrons. The van der Waals surface area contributed by atoms with E-state index in [9.17, 15) is 5.11 Å². The highest BCUT2D eigenvalue weighted by Gasteiger charge is 2.37. The normalized spacial score (nSPS) is 15.2. The van der Waals surface area contributed by atoms with Gasteiger partial charge in [0.25, 0.3) is 0 Å². The van der Waals surface area contributed by atoms with Gasteiger partial charge in [-0.25, -0.2) is 0 Å². The van der Waals surface area contributed by atoms with Crippen LogP contribution in [0.25, 0.3) is 0 Å². The van der Waals surface area contributed by atoms with Crippen molar-refractivity contribution in [3.63, 3.8) is 0 Å². The fraction of sp³-hybridized carbons (Fsp3) is 1.00. The van der Waals surface area contributed by atoms with Crippen LogP contribution in [0.2, 0.25) is 0 Å². The number of aliphatic hydroxyl groups is 1. The topological polar surface area (TPSA) is 20.2 Å². The zero-order valence-electron chi connectivity index (χ0n) is 13.6. The van der Waals surface area contributed by atoms with E-state index >= 15 is 0 Å². The number of rotatable bonds is 5. The van der Waals surface area contributed by atoms with Crippen molar-refractivity contribution in [3.05, 3.63) is 0 Å². The Bertz CT molecular complexity index is 235. The van der Waals surface area contributed by atoms with Gasteiger partial charge in [0.05, 0.1) is 5.60 Å². The summed E-state index contributed by atoms with van der Waals surface area (Å²) in [6.45, 7) is 20.1. The molecule has 0 aliphatic heterocycles. The molecule has 0 atom stereocenters. The lowest BCUT2D eigenvalue weighted by Gasteiger charge is -2.44. The van der Waals surface area contributed by atoms with Crippen molar-refractivity contribution in [1.82, 2.24) is 0 Å². The highest BCUT2D eigenvalue weighted by Crippen LogP contribution is 2.47.